The van der Waals surface area contributed by atoms with Crippen LogP contribution in [0, 0.1) is 13.8 Å². The van der Waals surface area contributed by atoms with Crippen LogP contribution in [0.5, 0.6) is 5.75 Å². The van der Waals surface area contributed by atoms with Gasteiger partial charge in [0.2, 0.25) is 0 Å². The van der Waals surface area contributed by atoms with Crippen LogP contribution in [0.4, 0.5) is 0 Å². The van der Waals surface area contributed by atoms with Gasteiger partial charge in [0.15, 0.2) is 0 Å². The van der Waals surface area contributed by atoms with Gasteiger partial charge < -0.3 is 19.5 Å². The fourth-order valence-electron chi connectivity index (χ4n) is 4.35. The Kier molecular flexibility index (Phi) is 6.40. The third-order valence-corrected chi connectivity index (χ3v) is 7.00. The maximum Gasteiger partial charge on any atom is 0.295 e. The molecule has 6 nitrogen and oxygen atoms in total. The van der Waals surface area contributed by atoms with Crippen LogP contribution in [0.3, 0.4) is 0 Å². The van der Waals surface area contributed by atoms with Gasteiger partial charge in [0, 0.05) is 23.6 Å². The molecule has 32 heavy (non-hydrogen) atoms. The number of likely N-dealkylation sites (tertiary alicyclic amines) is 1. The molecular weight excluding hydrogens is 426 g/mol. The van der Waals surface area contributed by atoms with Gasteiger partial charge in [0.1, 0.15) is 11.5 Å². The maximum atomic E-state index is 13.1. The number of carbonyl (C=O) groups is 2. The third kappa shape index (κ3) is 4.19. The summed E-state index contributed by atoms with van der Waals surface area (Å²) < 4.78 is 11.5. The highest BCUT2D eigenvalue weighted by Gasteiger charge is 2.48. The molecule has 0 aliphatic carbocycles. The highest BCUT2D eigenvalue weighted by atomic mass is 32.1. The van der Waals surface area contributed by atoms with Crippen LogP contribution in [-0.4, -0.2) is 47.1 Å². The minimum absolute atomic E-state index is 0.0260. The Hall–Kier alpha value is -2.64. The summed E-state index contributed by atoms with van der Waals surface area (Å²) in [5.74, 6) is -0.675. The summed E-state index contributed by atoms with van der Waals surface area (Å²) in [6.07, 6.45) is 1.74. The highest BCUT2D eigenvalue weighted by Crippen LogP contribution is 2.43. The van der Waals surface area contributed by atoms with Gasteiger partial charge in [-0.2, -0.15) is 0 Å². The zero-order chi connectivity index (χ0) is 23.0. The van der Waals surface area contributed by atoms with Crippen LogP contribution in [0.25, 0.3) is 5.76 Å². The lowest BCUT2D eigenvalue weighted by Gasteiger charge is -2.27. The predicted octanol–water partition coefficient (Wildman–Crippen LogP) is 4.75. The third-order valence-electron chi connectivity index (χ3n) is 5.93. The summed E-state index contributed by atoms with van der Waals surface area (Å²) in [4.78, 5) is 28.7. The number of aryl methyl sites for hydroxylation is 2. The second-order valence-corrected chi connectivity index (χ2v) is 9.65. The molecule has 1 amide bonds. The lowest BCUT2D eigenvalue weighted by Crippen LogP contribution is -2.36. The van der Waals surface area contributed by atoms with Gasteiger partial charge in [0.05, 0.1) is 23.8 Å². The van der Waals surface area contributed by atoms with Gasteiger partial charge in [-0.15, -0.1) is 11.3 Å². The van der Waals surface area contributed by atoms with Crippen molar-refractivity contribution in [2.45, 2.75) is 58.8 Å². The zero-order valence-electron chi connectivity index (χ0n) is 18.9. The number of hydrogen-bond acceptors (Lipinski definition) is 6. The summed E-state index contributed by atoms with van der Waals surface area (Å²) in [7, 11) is 0. The number of benzene rings is 1. The number of aliphatic hydroxyl groups excluding tert-OH is 1. The number of ketones is 1. The van der Waals surface area contributed by atoms with Crippen molar-refractivity contribution in [3.63, 3.8) is 0 Å². The van der Waals surface area contributed by atoms with Crippen molar-refractivity contribution >= 4 is 28.8 Å². The Bertz CT molecular complexity index is 1060. The van der Waals surface area contributed by atoms with E-state index < -0.39 is 17.7 Å². The van der Waals surface area contributed by atoms with E-state index in [4.69, 9.17) is 9.47 Å². The Morgan fingerprint density at radius 2 is 2.03 bits per heavy atom. The monoisotopic (exact) mass is 455 g/mol. The molecule has 3 heterocycles. The normalized spacial score (nSPS) is 22.8. The van der Waals surface area contributed by atoms with Gasteiger partial charge >= 0.3 is 0 Å². The first-order valence-corrected chi connectivity index (χ1v) is 11.9. The van der Waals surface area contributed by atoms with Gasteiger partial charge in [-0.05, 0) is 81.3 Å². The molecule has 1 aromatic carbocycles. The molecule has 2 aromatic rings. The molecule has 170 valence electrons. The van der Waals surface area contributed by atoms with E-state index in [2.05, 4.69) is 0 Å². The largest absolute Gasteiger partial charge is 0.507 e. The molecule has 1 aromatic heterocycles. The standard InChI is InChI=1S/C25H29NO5S/c1-14(2)31-19-8-7-17(12-16(19)4)22(27)20-21(24-15(3)9-11-32-24)26(25(29)23(20)28)13-18-6-5-10-30-18/h7-9,11-12,14,18,21,27H,5-6,10,13H2,1-4H3/b22-20-. The molecule has 0 bridgehead atoms. The molecule has 0 spiro atoms. The van der Waals surface area contributed by atoms with E-state index >= 15 is 0 Å². The van der Waals surface area contributed by atoms with Crippen molar-refractivity contribution in [3.05, 3.63) is 56.8 Å². The SMILES string of the molecule is Cc1cc(/C(O)=C2/C(=O)C(=O)N(CC3CCCO3)C2c2sccc2C)ccc1OC(C)C. The molecule has 2 aliphatic rings. The molecular formula is C25H29NO5S. The molecule has 2 atom stereocenters. The van der Waals surface area contributed by atoms with Crippen molar-refractivity contribution < 1.29 is 24.2 Å². The van der Waals surface area contributed by atoms with Crippen LogP contribution in [0.1, 0.15) is 54.3 Å². The van der Waals surface area contributed by atoms with E-state index in [-0.39, 0.29) is 23.5 Å². The molecule has 2 saturated heterocycles. The number of aliphatic hydroxyl groups is 1. The van der Waals surface area contributed by atoms with Crippen LogP contribution in [0.2, 0.25) is 0 Å². The maximum absolute atomic E-state index is 13.1. The molecule has 1 N–H and O–H groups in total. The second-order valence-electron chi connectivity index (χ2n) is 8.70. The first kappa shape index (κ1) is 22.6. The Morgan fingerprint density at radius 1 is 1.25 bits per heavy atom. The van der Waals surface area contributed by atoms with Gasteiger partial charge in [-0.25, -0.2) is 0 Å². The van der Waals surface area contributed by atoms with E-state index in [1.165, 1.54) is 11.3 Å². The molecule has 0 saturated carbocycles. The first-order chi connectivity index (χ1) is 15.3. The second kappa shape index (κ2) is 9.08. The topological polar surface area (TPSA) is 76.1 Å². The smallest absolute Gasteiger partial charge is 0.295 e. The minimum Gasteiger partial charge on any atom is -0.507 e. The predicted molar refractivity (Wildman–Crippen MR) is 124 cm³/mol. The van der Waals surface area contributed by atoms with E-state index in [1.807, 2.05) is 39.1 Å². The minimum atomic E-state index is -0.654. The van der Waals surface area contributed by atoms with E-state index in [1.54, 1.807) is 23.1 Å². The van der Waals surface area contributed by atoms with Crippen LogP contribution in [-0.2, 0) is 14.3 Å². The lowest BCUT2D eigenvalue weighted by atomic mass is 9.97. The molecule has 2 aliphatic heterocycles. The first-order valence-electron chi connectivity index (χ1n) is 11.0. The van der Waals surface area contributed by atoms with E-state index in [0.29, 0.717) is 18.7 Å². The summed E-state index contributed by atoms with van der Waals surface area (Å²) in [6.45, 7) is 8.76. The number of rotatable bonds is 6. The average Bonchev–Trinajstić information content (AvgIpc) is 3.46. The molecule has 2 fully saturated rings. The Morgan fingerprint density at radius 3 is 2.62 bits per heavy atom. The average molecular weight is 456 g/mol. The number of carbonyl (C=O) groups excluding carboxylic acids is 2. The summed E-state index contributed by atoms with van der Waals surface area (Å²) in [5, 5.41) is 13.2. The fraction of sp³-hybridized carbons (Fsp3) is 0.440. The van der Waals surface area contributed by atoms with Crippen LogP contribution < -0.4 is 4.74 Å². The van der Waals surface area contributed by atoms with Crippen LogP contribution >= 0.6 is 11.3 Å². The van der Waals surface area contributed by atoms with Crippen molar-refractivity contribution in [1.29, 1.82) is 0 Å². The summed E-state index contributed by atoms with van der Waals surface area (Å²) in [5.41, 5.74) is 2.46. The lowest BCUT2D eigenvalue weighted by molar-refractivity contribution is -0.140. The van der Waals surface area contributed by atoms with Gasteiger partial charge in [0.25, 0.3) is 11.7 Å². The molecule has 7 heteroatoms. The number of nitrogens with zero attached hydrogens (tertiary/aromatic N) is 1. The van der Waals surface area contributed by atoms with Crippen LogP contribution in [0.15, 0.2) is 35.2 Å². The van der Waals surface area contributed by atoms with Gasteiger partial charge in [-0.3, -0.25) is 9.59 Å². The molecule has 0 radical (unpaired) electrons. The van der Waals surface area contributed by atoms with Crippen molar-refractivity contribution in [2.75, 3.05) is 13.2 Å². The van der Waals surface area contributed by atoms with E-state index in [0.717, 1.165) is 34.6 Å². The molecule has 4 rings (SSSR count). The zero-order valence-corrected chi connectivity index (χ0v) is 19.7. The quantitative estimate of drug-likeness (QED) is 0.386. The van der Waals surface area contributed by atoms with Gasteiger partial charge in [-0.1, -0.05) is 0 Å². The number of ether oxygens (including phenoxy) is 2. The van der Waals surface area contributed by atoms with Crippen molar-refractivity contribution in [2.24, 2.45) is 0 Å². The fourth-order valence-corrected chi connectivity index (χ4v) is 5.40. The Balaban J connectivity index is 1.78. The number of thiophene rings is 1. The van der Waals surface area contributed by atoms with Crippen molar-refractivity contribution in [3.8, 4) is 5.75 Å². The Labute approximate surface area is 192 Å². The summed E-state index contributed by atoms with van der Waals surface area (Å²) in [6, 6.07) is 6.66. The van der Waals surface area contributed by atoms with Crippen molar-refractivity contribution in [1.82, 2.24) is 4.90 Å². The highest BCUT2D eigenvalue weighted by molar-refractivity contribution is 7.10. The number of amides is 1. The summed E-state index contributed by atoms with van der Waals surface area (Å²) >= 11 is 1.49. The molecule has 2 unspecified atom stereocenters. The number of hydrogen-bond donors (Lipinski definition) is 1. The van der Waals surface area contributed by atoms with E-state index in [9.17, 15) is 14.7 Å². The number of Topliss-reactive ketones (excluding diaryl/α,β-unsaturated/α-hetero) is 1.